The van der Waals surface area contributed by atoms with Crippen LogP contribution in [-0.4, -0.2) is 29.7 Å². The fourth-order valence-corrected chi connectivity index (χ4v) is 2.29. The summed E-state index contributed by atoms with van der Waals surface area (Å²) in [4.78, 5) is 22.6. The van der Waals surface area contributed by atoms with Gasteiger partial charge in [0.05, 0.1) is 5.02 Å². The van der Waals surface area contributed by atoms with Crippen molar-refractivity contribution in [3.05, 3.63) is 52.5 Å². The van der Waals surface area contributed by atoms with E-state index in [0.717, 1.165) is 0 Å². The number of halogens is 2. The fraction of sp³-hybridized carbons (Fsp3) is 0.176. The number of anilines is 1. The van der Waals surface area contributed by atoms with Crippen molar-refractivity contribution in [3.63, 3.8) is 0 Å². The van der Waals surface area contributed by atoms with E-state index in [1.165, 1.54) is 6.07 Å². The van der Waals surface area contributed by atoms with Crippen LogP contribution < -0.4 is 14.8 Å². The number of hydrogen-bond acceptors (Lipinski definition) is 4. The highest BCUT2D eigenvalue weighted by Crippen LogP contribution is 2.28. The maximum atomic E-state index is 12.2. The molecule has 0 aliphatic rings. The summed E-state index contributed by atoms with van der Waals surface area (Å²) in [6, 6.07) is 11.0. The zero-order valence-corrected chi connectivity index (χ0v) is 14.7. The smallest absolute Gasteiger partial charge is 0.341 e. The Morgan fingerprint density at radius 2 is 1.84 bits per heavy atom. The molecule has 0 aliphatic heterocycles. The second-order valence-corrected chi connectivity index (χ2v) is 5.87. The molecule has 0 spiro atoms. The molecule has 6 nitrogen and oxygen atoms in total. The summed E-state index contributed by atoms with van der Waals surface area (Å²) in [6.07, 6.45) is -0.790. The lowest BCUT2D eigenvalue weighted by atomic mass is 10.2. The lowest BCUT2D eigenvalue weighted by Gasteiger charge is -2.16. The van der Waals surface area contributed by atoms with Gasteiger partial charge in [-0.1, -0.05) is 23.2 Å². The Labute approximate surface area is 154 Å². The summed E-state index contributed by atoms with van der Waals surface area (Å²) >= 11 is 11.8. The van der Waals surface area contributed by atoms with Gasteiger partial charge in [-0.3, -0.25) is 4.79 Å². The molecular weight excluding hydrogens is 369 g/mol. The number of hydrogen-bond donors (Lipinski definition) is 2. The third kappa shape index (κ3) is 5.85. The molecule has 25 heavy (non-hydrogen) atoms. The van der Waals surface area contributed by atoms with E-state index in [1.807, 2.05) is 0 Å². The lowest BCUT2D eigenvalue weighted by molar-refractivity contribution is -0.139. The Kier molecular flexibility index (Phi) is 6.50. The van der Waals surface area contributed by atoms with Gasteiger partial charge in [0, 0.05) is 10.7 Å². The molecule has 2 rings (SSSR count). The van der Waals surface area contributed by atoms with Gasteiger partial charge in [-0.05, 0) is 49.4 Å². The van der Waals surface area contributed by atoms with Gasteiger partial charge in [0.1, 0.15) is 11.5 Å². The van der Waals surface area contributed by atoms with Gasteiger partial charge in [-0.2, -0.15) is 0 Å². The van der Waals surface area contributed by atoms with Crippen molar-refractivity contribution in [3.8, 4) is 11.5 Å². The minimum Gasteiger partial charge on any atom is -0.482 e. The first-order valence-electron chi connectivity index (χ1n) is 7.22. The summed E-state index contributed by atoms with van der Waals surface area (Å²) in [5.74, 6) is -0.696. The molecule has 8 heteroatoms. The molecule has 2 aromatic carbocycles. The molecular formula is C17H15Cl2NO5. The van der Waals surface area contributed by atoms with Crippen LogP contribution in [0.5, 0.6) is 11.5 Å². The zero-order valence-electron chi connectivity index (χ0n) is 13.2. The molecule has 0 bridgehead atoms. The molecule has 0 saturated carbocycles. The van der Waals surface area contributed by atoms with Crippen LogP contribution in [0.1, 0.15) is 6.92 Å². The van der Waals surface area contributed by atoms with E-state index in [9.17, 15) is 9.59 Å². The number of benzene rings is 2. The molecule has 0 aromatic heterocycles. The van der Waals surface area contributed by atoms with Crippen LogP contribution in [0.4, 0.5) is 5.69 Å². The first-order valence-corrected chi connectivity index (χ1v) is 7.98. The first-order chi connectivity index (χ1) is 11.8. The average Bonchev–Trinajstić information content (AvgIpc) is 2.56. The van der Waals surface area contributed by atoms with Crippen molar-refractivity contribution in [1.82, 2.24) is 0 Å². The second kappa shape index (κ2) is 8.60. The van der Waals surface area contributed by atoms with Crippen LogP contribution in [0, 0.1) is 0 Å². The molecule has 2 aromatic rings. The minimum atomic E-state index is -1.07. The Bertz CT molecular complexity index is 764. The second-order valence-electron chi connectivity index (χ2n) is 5.03. The standard InChI is InChI=1S/C17H15Cl2NO5/c1-10(25-15-7-2-11(18)8-14(15)19)17(23)20-12-3-5-13(6-4-12)24-9-16(21)22/h2-8,10H,9H2,1H3,(H,20,23)(H,21,22)/t10-/m0/s1. The van der Waals surface area contributed by atoms with E-state index in [0.29, 0.717) is 27.2 Å². The number of carbonyl (C=O) groups excluding carboxylic acids is 1. The molecule has 2 N–H and O–H groups in total. The largest absolute Gasteiger partial charge is 0.482 e. The maximum Gasteiger partial charge on any atom is 0.341 e. The number of carboxylic acid groups (broad SMARTS) is 1. The quantitative estimate of drug-likeness (QED) is 0.757. The molecule has 0 aliphatic carbocycles. The summed E-state index contributed by atoms with van der Waals surface area (Å²) in [5.41, 5.74) is 0.519. The van der Waals surface area contributed by atoms with Crippen molar-refractivity contribution in [2.45, 2.75) is 13.0 Å². The highest BCUT2D eigenvalue weighted by molar-refractivity contribution is 6.35. The van der Waals surface area contributed by atoms with E-state index in [2.05, 4.69) is 5.32 Å². The van der Waals surface area contributed by atoms with Crippen LogP contribution in [-0.2, 0) is 9.59 Å². The summed E-state index contributed by atoms with van der Waals surface area (Å²) < 4.78 is 10.5. The predicted molar refractivity (Wildman–Crippen MR) is 94.8 cm³/mol. The van der Waals surface area contributed by atoms with Gasteiger partial charge < -0.3 is 19.9 Å². The monoisotopic (exact) mass is 383 g/mol. The van der Waals surface area contributed by atoms with E-state index >= 15 is 0 Å². The molecule has 1 atom stereocenters. The highest BCUT2D eigenvalue weighted by atomic mass is 35.5. The van der Waals surface area contributed by atoms with E-state index in [4.69, 9.17) is 37.8 Å². The van der Waals surface area contributed by atoms with Crippen LogP contribution >= 0.6 is 23.2 Å². The Morgan fingerprint density at radius 1 is 1.16 bits per heavy atom. The number of ether oxygens (including phenoxy) is 2. The molecule has 0 fully saturated rings. The number of nitrogens with one attached hydrogen (secondary N) is 1. The van der Waals surface area contributed by atoms with E-state index in [-0.39, 0.29) is 5.91 Å². The molecule has 132 valence electrons. The van der Waals surface area contributed by atoms with Gasteiger partial charge in [0.25, 0.3) is 5.91 Å². The molecule has 0 heterocycles. The Hall–Kier alpha value is -2.44. The Balaban J connectivity index is 1.93. The lowest BCUT2D eigenvalue weighted by Crippen LogP contribution is -2.30. The number of carboxylic acids is 1. The highest BCUT2D eigenvalue weighted by Gasteiger charge is 2.16. The number of amides is 1. The minimum absolute atomic E-state index is 0.312. The fourth-order valence-electron chi connectivity index (χ4n) is 1.84. The van der Waals surface area contributed by atoms with E-state index < -0.39 is 18.7 Å². The average molecular weight is 384 g/mol. The molecule has 0 saturated heterocycles. The van der Waals surface area contributed by atoms with Crippen molar-refractivity contribution in [2.75, 3.05) is 11.9 Å². The van der Waals surface area contributed by atoms with Crippen molar-refractivity contribution in [1.29, 1.82) is 0 Å². The maximum absolute atomic E-state index is 12.2. The van der Waals surface area contributed by atoms with Gasteiger partial charge >= 0.3 is 5.97 Å². The van der Waals surface area contributed by atoms with Crippen LogP contribution in [0.25, 0.3) is 0 Å². The third-order valence-electron chi connectivity index (χ3n) is 3.05. The topological polar surface area (TPSA) is 84.9 Å². The van der Waals surface area contributed by atoms with Crippen LogP contribution in [0.3, 0.4) is 0 Å². The van der Waals surface area contributed by atoms with E-state index in [1.54, 1.807) is 43.3 Å². The molecule has 0 radical (unpaired) electrons. The van der Waals surface area contributed by atoms with Gasteiger partial charge in [-0.15, -0.1) is 0 Å². The number of aliphatic carboxylic acids is 1. The van der Waals surface area contributed by atoms with Crippen LogP contribution in [0.15, 0.2) is 42.5 Å². The van der Waals surface area contributed by atoms with Gasteiger partial charge in [0.15, 0.2) is 12.7 Å². The summed E-state index contributed by atoms with van der Waals surface area (Å²) in [5, 5.41) is 12.0. The van der Waals surface area contributed by atoms with Crippen molar-refractivity contribution < 1.29 is 24.2 Å². The van der Waals surface area contributed by atoms with Crippen molar-refractivity contribution >= 4 is 40.8 Å². The Morgan fingerprint density at radius 3 is 2.44 bits per heavy atom. The molecule has 1 amide bonds. The SMILES string of the molecule is C[C@H](Oc1ccc(Cl)cc1Cl)C(=O)Nc1ccc(OCC(=O)O)cc1. The zero-order chi connectivity index (χ0) is 18.4. The van der Waals surface area contributed by atoms with Gasteiger partial charge in [-0.25, -0.2) is 4.79 Å². The van der Waals surface area contributed by atoms with Gasteiger partial charge in [0.2, 0.25) is 0 Å². The van der Waals surface area contributed by atoms with Crippen molar-refractivity contribution in [2.24, 2.45) is 0 Å². The van der Waals surface area contributed by atoms with Crippen LogP contribution in [0.2, 0.25) is 10.0 Å². The predicted octanol–water partition coefficient (Wildman–Crippen LogP) is 3.86. The third-order valence-corrected chi connectivity index (χ3v) is 3.58. The first kappa shape index (κ1) is 18.9. The number of carbonyl (C=O) groups is 2. The number of rotatable bonds is 7. The molecule has 0 unspecified atom stereocenters. The summed E-state index contributed by atoms with van der Waals surface area (Å²) in [6.45, 7) is 1.16. The summed E-state index contributed by atoms with van der Waals surface area (Å²) in [7, 11) is 0. The normalized spacial score (nSPS) is 11.5.